The first-order chi connectivity index (χ1) is 9.54. The monoisotopic (exact) mass is 266 g/mol. The normalized spacial score (nSPS) is 10.9. The molecule has 0 bridgehead atoms. The fourth-order valence-corrected chi connectivity index (χ4v) is 2.28. The standard InChI is InChI=1S/C16H18N4/c1-12-6-4-5-7-13(12)16(2,3)11-20-15-14(10-17)18-8-9-19-15/h4-9H,11H2,1-3H3,(H,19,20). The van der Waals surface area contributed by atoms with Crippen molar-refractivity contribution < 1.29 is 0 Å². The summed E-state index contributed by atoms with van der Waals surface area (Å²) in [6.07, 6.45) is 3.11. The molecule has 0 atom stereocenters. The molecule has 0 aliphatic rings. The lowest BCUT2D eigenvalue weighted by molar-refractivity contribution is 0.552. The third kappa shape index (κ3) is 2.94. The number of nitriles is 1. The summed E-state index contributed by atoms with van der Waals surface area (Å²) in [5.41, 5.74) is 2.82. The number of rotatable bonds is 4. The van der Waals surface area contributed by atoms with Crippen LogP contribution in [0, 0.1) is 18.3 Å². The summed E-state index contributed by atoms with van der Waals surface area (Å²) >= 11 is 0. The first-order valence-electron chi connectivity index (χ1n) is 6.56. The van der Waals surface area contributed by atoms with Crippen LogP contribution in [0.4, 0.5) is 5.82 Å². The molecule has 1 N–H and O–H groups in total. The maximum absolute atomic E-state index is 9.02. The van der Waals surface area contributed by atoms with Crippen LogP contribution < -0.4 is 5.32 Å². The van der Waals surface area contributed by atoms with Crippen LogP contribution in [0.5, 0.6) is 0 Å². The van der Waals surface area contributed by atoms with Crippen molar-refractivity contribution in [3.05, 3.63) is 53.5 Å². The fraction of sp³-hybridized carbons (Fsp3) is 0.312. The van der Waals surface area contributed by atoms with E-state index < -0.39 is 0 Å². The van der Waals surface area contributed by atoms with Crippen LogP contribution in [-0.2, 0) is 5.41 Å². The molecule has 0 aliphatic heterocycles. The molecule has 0 fully saturated rings. The van der Waals surface area contributed by atoms with E-state index in [4.69, 9.17) is 5.26 Å². The minimum absolute atomic E-state index is 0.0599. The third-order valence-electron chi connectivity index (χ3n) is 3.38. The summed E-state index contributed by atoms with van der Waals surface area (Å²) in [5, 5.41) is 12.3. The summed E-state index contributed by atoms with van der Waals surface area (Å²) in [6.45, 7) is 7.14. The van der Waals surface area contributed by atoms with Gasteiger partial charge in [0.1, 0.15) is 6.07 Å². The molecule has 0 saturated carbocycles. The molecule has 2 aromatic rings. The Labute approximate surface area is 119 Å². The predicted molar refractivity (Wildman–Crippen MR) is 79.4 cm³/mol. The van der Waals surface area contributed by atoms with Gasteiger partial charge in [-0.2, -0.15) is 5.26 Å². The molecule has 0 radical (unpaired) electrons. The third-order valence-corrected chi connectivity index (χ3v) is 3.38. The Hall–Kier alpha value is -2.41. The van der Waals surface area contributed by atoms with Crippen LogP contribution in [0.15, 0.2) is 36.7 Å². The highest BCUT2D eigenvalue weighted by atomic mass is 15.0. The molecule has 4 heteroatoms. The molecule has 0 spiro atoms. The van der Waals surface area contributed by atoms with Gasteiger partial charge in [0.2, 0.25) is 0 Å². The van der Waals surface area contributed by atoms with Gasteiger partial charge in [-0.25, -0.2) is 9.97 Å². The van der Waals surface area contributed by atoms with E-state index in [1.165, 1.54) is 17.3 Å². The molecule has 1 heterocycles. The first kappa shape index (κ1) is 14.0. The number of aryl methyl sites for hydroxylation is 1. The molecule has 0 amide bonds. The molecular weight excluding hydrogens is 248 g/mol. The van der Waals surface area contributed by atoms with E-state index in [0.29, 0.717) is 18.1 Å². The Balaban J connectivity index is 2.18. The average molecular weight is 266 g/mol. The van der Waals surface area contributed by atoms with Gasteiger partial charge in [0.05, 0.1) is 0 Å². The van der Waals surface area contributed by atoms with Crippen LogP contribution in [0.25, 0.3) is 0 Å². The fourth-order valence-electron chi connectivity index (χ4n) is 2.28. The van der Waals surface area contributed by atoms with Crippen molar-refractivity contribution in [1.29, 1.82) is 5.26 Å². The second-order valence-electron chi connectivity index (χ2n) is 5.42. The molecule has 4 nitrogen and oxygen atoms in total. The second-order valence-corrected chi connectivity index (χ2v) is 5.42. The Bertz CT molecular complexity index is 641. The molecule has 0 saturated heterocycles. The smallest absolute Gasteiger partial charge is 0.182 e. The van der Waals surface area contributed by atoms with Crippen LogP contribution in [0.1, 0.15) is 30.7 Å². The summed E-state index contributed by atoms with van der Waals surface area (Å²) in [7, 11) is 0. The van der Waals surface area contributed by atoms with Crippen LogP contribution in [0.2, 0.25) is 0 Å². The van der Waals surface area contributed by atoms with Crippen molar-refractivity contribution in [2.24, 2.45) is 0 Å². The maximum atomic E-state index is 9.02. The highest BCUT2D eigenvalue weighted by Gasteiger charge is 2.22. The Morgan fingerprint density at radius 1 is 1.20 bits per heavy atom. The van der Waals surface area contributed by atoms with Crippen molar-refractivity contribution >= 4 is 5.82 Å². The van der Waals surface area contributed by atoms with Gasteiger partial charge in [-0.1, -0.05) is 38.1 Å². The number of aromatic nitrogens is 2. The molecule has 0 aliphatic carbocycles. The Morgan fingerprint density at radius 3 is 2.60 bits per heavy atom. The van der Waals surface area contributed by atoms with Crippen molar-refractivity contribution in [3.63, 3.8) is 0 Å². The first-order valence-corrected chi connectivity index (χ1v) is 6.56. The quantitative estimate of drug-likeness (QED) is 0.924. The molecule has 1 aromatic heterocycles. The zero-order chi connectivity index (χ0) is 14.6. The summed E-state index contributed by atoms with van der Waals surface area (Å²) in [6, 6.07) is 10.4. The number of hydrogen-bond donors (Lipinski definition) is 1. The number of benzene rings is 1. The highest BCUT2D eigenvalue weighted by Crippen LogP contribution is 2.26. The number of nitrogens with one attached hydrogen (secondary N) is 1. The van der Waals surface area contributed by atoms with Gasteiger partial charge < -0.3 is 5.32 Å². The number of anilines is 1. The zero-order valence-corrected chi connectivity index (χ0v) is 12.0. The van der Waals surface area contributed by atoms with Crippen molar-refractivity contribution in [2.75, 3.05) is 11.9 Å². The van der Waals surface area contributed by atoms with Gasteiger partial charge in [0, 0.05) is 24.4 Å². The topological polar surface area (TPSA) is 61.6 Å². The number of hydrogen-bond acceptors (Lipinski definition) is 4. The SMILES string of the molecule is Cc1ccccc1C(C)(C)CNc1nccnc1C#N. The lowest BCUT2D eigenvalue weighted by Crippen LogP contribution is -2.29. The molecule has 0 unspecified atom stereocenters. The van der Waals surface area contributed by atoms with Crippen molar-refractivity contribution in [2.45, 2.75) is 26.2 Å². The Morgan fingerprint density at radius 2 is 1.90 bits per heavy atom. The number of nitrogens with zero attached hydrogens (tertiary/aromatic N) is 3. The van der Waals surface area contributed by atoms with Crippen molar-refractivity contribution in [1.82, 2.24) is 9.97 Å². The molecular formula is C16H18N4. The zero-order valence-electron chi connectivity index (χ0n) is 12.0. The van der Waals surface area contributed by atoms with Crippen LogP contribution in [0.3, 0.4) is 0 Å². The van der Waals surface area contributed by atoms with Crippen molar-refractivity contribution in [3.8, 4) is 6.07 Å². The van der Waals surface area contributed by atoms with E-state index >= 15 is 0 Å². The lowest BCUT2D eigenvalue weighted by Gasteiger charge is -2.27. The summed E-state index contributed by atoms with van der Waals surface area (Å²) < 4.78 is 0. The minimum atomic E-state index is -0.0599. The minimum Gasteiger partial charge on any atom is -0.367 e. The predicted octanol–water partition coefficient (Wildman–Crippen LogP) is 3.05. The maximum Gasteiger partial charge on any atom is 0.182 e. The van der Waals surface area contributed by atoms with Crippen LogP contribution in [-0.4, -0.2) is 16.5 Å². The lowest BCUT2D eigenvalue weighted by atomic mass is 9.82. The molecule has 102 valence electrons. The van der Waals surface area contributed by atoms with E-state index in [0.717, 1.165) is 0 Å². The van der Waals surface area contributed by atoms with E-state index in [1.54, 1.807) is 6.20 Å². The van der Waals surface area contributed by atoms with Gasteiger partial charge in [-0.15, -0.1) is 0 Å². The molecule has 20 heavy (non-hydrogen) atoms. The summed E-state index contributed by atoms with van der Waals surface area (Å²) in [5.74, 6) is 0.539. The van der Waals surface area contributed by atoms with Gasteiger partial charge in [0.15, 0.2) is 11.5 Å². The Kier molecular flexibility index (Phi) is 3.99. The van der Waals surface area contributed by atoms with Crippen LogP contribution >= 0.6 is 0 Å². The van der Waals surface area contributed by atoms with E-state index in [2.05, 4.69) is 48.2 Å². The van der Waals surface area contributed by atoms with E-state index in [9.17, 15) is 0 Å². The molecule has 1 aromatic carbocycles. The van der Waals surface area contributed by atoms with E-state index in [1.807, 2.05) is 18.2 Å². The van der Waals surface area contributed by atoms with Gasteiger partial charge in [-0.3, -0.25) is 0 Å². The highest BCUT2D eigenvalue weighted by molar-refractivity contribution is 5.47. The van der Waals surface area contributed by atoms with E-state index in [-0.39, 0.29) is 5.41 Å². The largest absolute Gasteiger partial charge is 0.367 e. The van der Waals surface area contributed by atoms with Gasteiger partial charge >= 0.3 is 0 Å². The molecule has 2 rings (SSSR count). The second kappa shape index (κ2) is 5.70. The van der Waals surface area contributed by atoms with Gasteiger partial charge in [-0.05, 0) is 18.1 Å². The van der Waals surface area contributed by atoms with Gasteiger partial charge in [0.25, 0.3) is 0 Å². The summed E-state index contributed by atoms with van der Waals surface area (Å²) in [4.78, 5) is 8.17. The average Bonchev–Trinajstić information content (AvgIpc) is 2.46.